The number of hydrogen-bond donors (Lipinski definition) is 2. The van der Waals surface area contributed by atoms with Gasteiger partial charge in [0.25, 0.3) is 0 Å². The minimum absolute atomic E-state index is 0.0733. The highest BCUT2D eigenvalue weighted by atomic mass is 29.2. The van der Waals surface area contributed by atoms with Crippen molar-refractivity contribution in [2.45, 2.75) is 19.6 Å². The van der Waals surface area contributed by atoms with Gasteiger partial charge in [0, 0.05) is 0 Å². The van der Waals surface area contributed by atoms with Crippen LogP contribution in [0, 0.1) is 0 Å². The maximum absolute atomic E-state index is 5.16. The van der Waals surface area contributed by atoms with Gasteiger partial charge in [-0.1, -0.05) is 19.6 Å². The molecule has 44 valence electrons. The quantitative estimate of drug-likeness (QED) is 0.300. The van der Waals surface area contributed by atoms with Crippen molar-refractivity contribution >= 4 is 16.8 Å². The first-order valence-electron chi connectivity index (χ1n) is 2.50. The second-order valence-corrected chi connectivity index (χ2v) is 16.2. The van der Waals surface area contributed by atoms with E-state index in [0.717, 1.165) is 0 Å². The highest BCUT2D eigenvalue weighted by molar-refractivity contribution is 7.22. The van der Waals surface area contributed by atoms with E-state index in [9.17, 15) is 0 Å². The number of hydrogen-bond acceptors (Lipinski definition) is 2. The van der Waals surface area contributed by atoms with E-state index in [-0.39, 0.29) is 9.20 Å². The highest BCUT2D eigenvalue weighted by Gasteiger charge is 2.10. The minimum atomic E-state index is -0.754. The van der Waals surface area contributed by atoms with Crippen LogP contribution in [0.4, 0.5) is 0 Å². The van der Waals surface area contributed by atoms with Crippen LogP contribution < -0.4 is 10.9 Å². The molecule has 2 nitrogen and oxygen atoms in total. The molecule has 0 saturated carbocycles. The predicted octanol–water partition coefficient (Wildman–Crippen LogP) is -0.632. The van der Waals surface area contributed by atoms with Crippen LogP contribution in [0.1, 0.15) is 0 Å². The lowest BCUT2D eigenvalue weighted by Gasteiger charge is -2.11. The van der Waals surface area contributed by atoms with Gasteiger partial charge >= 0.3 is 0 Å². The average Bonchev–Trinajstić information content (AvgIpc) is 1.30. The standard InChI is InChI=1S/C3H14N2Si2/c1-7(2,3)6-5-4/h5H,4,6H2,1-3H3. The van der Waals surface area contributed by atoms with E-state index in [4.69, 9.17) is 5.84 Å². The molecule has 0 aliphatic heterocycles. The molecule has 7 heavy (non-hydrogen) atoms. The first-order valence-corrected chi connectivity index (χ1v) is 9.03. The zero-order valence-corrected chi connectivity index (χ0v) is 7.70. The fourth-order valence-electron chi connectivity index (χ4n) is 0.306. The summed E-state index contributed by atoms with van der Waals surface area (Å²) < 4.78 is 0. The summed E-state index contributed by atoms with van der Waals surface area (Å²) in [6, 6.07) is 0. The van der Waals surface area contributed by atoms with Crippen molar-refractivity contribution in [3.05, 3.63) is 0 Å². The molecule has 0 radical (unpaired) electrons. The lowest BCUT2D eigenvalue weighted by atomic mass is 11.8. The lowest BCUT2D eigenvalue weighted by Crippen LogP contribution is -2.44. The third kappa shape index (κ3) is 6.35. The normalized spacial score (nSPS) is 13.7. The minimum Gasteiger partial charge on any atom is -0.291 e. The molecule has 0 atom stereocenters. The summed E-state index contributed by atoms with van der Waals surface area (Å²) >= 11 is 0. The maximum atomic E-state index is 5.16. The third-order valence-corrected chi connectivity index (χ3v) is 5.69. The Balaban J connectivity index is 3.15. The van der Waals surface area contributed by atoms with Crippen LogP contribution in [-0.4, -0.2) is 16.8 Å². The maximum Gasteiger partial charge on any atom is 0.101 e. The number of nitrogens with two attached hydrogens (primary N) is 1. The van der Waals surface area contributed by atoms with Crippen LogP contribution >= 0.6 is 0 Å². The SMILES string of the molecule is C[Si](C)(C)[SiH2]NN. The first-order chi connectivity index (χ1) is 3.06. The summed E-state index contributed by atoms with van der Waals surface area (Å²) in [6.07, 6.45) is 0. The van der Waals surface area contributed by atoms with Crippen LogP contribution in [0.3, 0.4) is 0 Å². The van der Waals surface area contributed by atoms with Gasteiger partial charge in [0.05, 0.1) is 7.59 Å². The van der Waals surface area contributed by atoms with E-state index < -0.39 is 7.59 Å². The van der Waals surface area contributed by atoms with Gasteiger partial charge in [-0.05, 0) is 0 Å². The van der Waals surface area contributed by atoms with Gasteiger partial charge in [-0.15, -0.1) is 0 Å². The fourth-order valence-corrected chi connectivity index (χ4v) is 2.76. The Labute approximate surface area is 48.2 Å². The van der Waals surface area contributed by atoms with Crippen molar-refractivity contribution in [2.24, 2.45) is 5.84 Å². The van der Waals surface area contributed by atoms with Crippen molar-refractivity contribution < 1.29 is 0 Å². The van der Waals surface area contributed by atoms with Gasteiger partial charge in [0.1, 0.15) is 9.20 Å². The molecule has 3 N–H and O–H groups in total. The van der Waals surface area contributed by atoms with Gasteiger partial charge in [-0.3, -0.25) is 10.9 Å². The smallest absolute Gasteiger partial charge is 0.101 e. The van der Waals surface area contributed by atoms with Crippen LogP contribution in [0.5, 0.6) is 0 Å². The van der Waals surface area contributed by atoms with Crippen LogP contribution in [0.2, 0.25) is 19.6 Å². The van der Waals surface area contributed by atoms with Gasteiger partial charge in [0.15, 0.2) is 0 Å². The molecule has 0 bridgehead atoms. The third-order valence-electron chi connectivity index (χ3n) is 0.632. The van der Waals surface area contributed by atoms with Crippen LogP contribution in [0.15, 0.2) is 0 Å². The van der Waals surface area contributed by atoms with Crippen molar-refractivity contribution in [1.82, 2.24) is 5.09 Å². The molecule has 0 aliphatic carbocycles. The second-order valence-electron chi connectivity index (χ2n) is 2.94. The summed E-state index contributed by atoms with van der Waals surface area (Å²) in [4.78, 5) is 0. The Bertz CT molecular complexity index is 49.4. The molecular formula is C3H14N2Si2. The molecule has 0 amide bonds. The molecule has 0 unspecified atom stereocenters. The molecule has 4 heteroatoms. The summed E-state index contributed by atoms with van der Waals surface area (Å²) in [6.45, 7) is 7.00. The summed E-state index contributed by atoms with van der Waals surface area (Å²) in [7, 11) is -0.828. The first kappa shape index (κ1) is 7.35. The average molecular weight is 134 g/mol. The van der Waals surface area contributed by atoms with E-state index in [1.807, 2.05) is 0 Å². The zero-order valence-electron chi connectivity index (χ0n) is 5.28. The van der Waals surface area contributed by atoms with Gasteiger partial charge in [-0.25, -0.2) is 0 Å². The van der Waals surface area contributed by atoms with Gasteiger partial charge in [-0.2, -0.15) is 0 Å². The molecule has 0 fully saturated rings. The Morgan fingerprint density at radius 3 is 1.86 bits per heavy atom. The van der Waals surface area contributed by atoms with Gasteiger partial charge < -0.3 is 0 Å². The molecule has 0 saturated heterocycles. The van der Waals surface area contributed by atoms with Crippen molar-refractivity contribution in [3.63, 3.8) is 0 Å². The van der Waals surface area contributed by atoms with Crippen molar-refractivity contribution in [3.8, 4) is 0 Å². The predicted molar refractivity (Wildman–Crippen MR) is 39.2 cm³/mol. The van der Waals surface area contributed by atoms with Crippen molar-refractivity contribution in [2.75, 3.05) is 0 Å². The topological polar surface area (TPSA) is 38.0 Å². The molecular weight excluding hydrogens is 120 g/mol. The number of nitrogens with one attached hydrogen (secondary N) is 1. The molecule has 0 aromatic heterocycles. The highest BCUT2D eigenvalue weighted by Crippen LogP contribution is 1.92. The lowest BCUT2D eigenvalue weighted by molar-refractivity contribution is 1.09. The van der Waals surface area contributed by atoms with E-state index in [1.54, 1.807) is 0 Å². The zero-order chi connectivity index (χ0) is 5.91. The summed E-state index contributed by atoms with van der Waals surface area (Å²) in [5, 5.41) is 2.81. The molecule has 0 aromatic carbocycles. The monoisotopic (exact) mass is 134 g/mol. The number of hydrazine groups is 1. The van der Waals surface area contributed by atoms with E-state index in [1.165, 1.54) is 0 Å². The molecule has 0 aliphatic rings. The molecule has 0 rings (SSSR count). The summed E-state index contributed by atoms with van der Waals surface area (Å²) in [5.41, 5.74) is 0. The van der Waals surface area contributed by atoms with Gasteiger partial charge in [0.2, 0.25) is 0 Å². The second kappa shape index (κ2) is 2.61. The van der Waals surface area contributed by atoms with E-state index in [2.05, 4.69) is 24.7 Å². The van der Waals surface area contributed by atoms with Crippen LogP contribution in [0.25, 0.3) is 0 Å². The fraction of sp³-hybridized carbons (Fsp3) is 1.00. The Morgan fingerprint density at radius 1 is 1.43 bits per heavy atom. The van der Waals surface area contributed by atoms with Crippen molar-refractivity contribution in [1.29, 1.82) is 0 Å². The van der Waals surface area contributed by atoms with Crippen LogP contribution in [-0.2, 0) is 0 Å². The molecule has 0 heterocycles. The largest absolute Gasteiger partial charge is 0.291 e. The Hall–Kier alpha value is 0.354. The number of rotatable bonds is 2. The molecule has 0 spiro atoms. The summed E-state index contributed by atoms with van der Waals surface area (Å²) in [5.74, 6) is 5.16. The Morgan fingerprint density at radius 2 is 1.86 bits per heavy atom. The Kier molecular flexibility index (Phi) is 2.74. The molecule has 0 aromatic rings. The van der Waals surface area contributed by atoms with E-state index >= 15 is 0 Å². The van der Waals surface area contributed by atoms with E-state index in [0.29, 0.717) is 0 Å².